The Hall–Kier alpha value is -2.88. The van der Waals surface area contributed by atoms with E-state index in [-0.39, 0.29) is 0 Å². The molecule has 4 heteroatoms. The van der Waals surface area contributed by atoms with Crippen LogP contribution in [0.1, 0.15) is 11.1 Å². The van der Waals surface area contributed by atoms with E-state index >= 15 is 0 Å². The summed E-state index contributed by atoms with van der Waals surface area (Å²) in [6.07, 6.45) is 0. The zero-order chi connectivity index (χ0) is 17.4. The van der Waals surface area contributed by atoms with Crippen molar-refractivity contribution in [3.8, 4) is 33.8 Å². The van der Waals surface area contributed by atoms with Crippen molar-refractivity contribution in [2.45, 2.75) is 13.8 Å². The molecular formula is C20H16F2O2. The van der Waals surface area contributed by atoms with E-state index in [0.29, 0.717) is 11.1 Å². The number of hydrogen-bond acceptors (Lipinski definition) is 2. The van der Waals surface area contributed by atoms with Crippen LogP contribution in [0.2, 0.25) is 0 Å². The average molecular weight is 326 g/mol. The molecule has 3 aromatic rings. The summed E-state index contributed by atoms with van der Waals surface area (Å²) in [6, 6.07) is 12.2. The number of benzene rings is 3. The van der Waals surface area contributed by atoms with Gasteiger partial charge in [-0.1, -0.05) is 24.3 Å². The molecule has 0 saturated carbocycles. The van der Waals surface area contributed by atoms with Crippen molar-refractivity contribution in [1.29, 1.82) is 0 Å². The summed E-state index contributed by atoms with van der Waals surface area (Å²) in [5.74, 6) is -2.25. The molecule has 3 aromatic carbocycles. The maximum atomic E-state index is 13.8. The molecule has 3 rings (SSSR count). The van der Waals surface area contributed by atoms with E-state index in [1.165, 1.54) is 24.3 Å². The van der Waals surface area contributed by atoms with E-state index in [9.17, 15) is 19.0 Å². The van der Waals surface area contributed by atoms with Gasteiger partial charge in [-0.05, 0) is 71.5 Å². The summed E-state index contributed by atoms with van der Waals surface area (Å²) >= 11 is 0. The first-order valence-corrected chi connectivity index (χ1v) is 7.46. The molecule has 122 valence electrons. The second kappa shape index (κ2) is 5.96. The van der Waals surface area contributed by atoms with Crippen molar-refractivity contribution >= 4 is 0 Å². The van der Waals surface area contributed by atoms with Crippen LogP contribution in [0.15, 0.2) is 48.5 Å². The second-order valence-electron chi connectivity index (χ2n) is 5.78. The lowest BCUT2D eigenvalue weighted by Crippen LogP contribution is -1.94. The summed E-state index contributed by atoms with van der Waals surface area (Å²) < 4.78 is 27.6. The van der Waals surface area contributed by atoms with Crippen molar-refractivity contribution in [2.75, 3.05) is 0 Å². The quantitative estimate of drug-likeness (QED) is 0.668. The van der Waals surface area contributed by atoms with Gasteiger partial charge in [-0.3, -0.25) is 0 Å². The van der Waals surface area contributed by atoms with Gasteiger partial charge in [-0.25, -0.2) is 8.78 Å². The maximum Gasteiger partial charge on any atom is 0.165 e. The SMILES string of the molecule is Cc1ccc(C)c(-c2ccc(O)c(F)c2)c1-c1ccc(O)c(F)c1. The average Bonchev–Trinajstić information content (AvgIpc) is 2.55. The van der Waals surface area contributed by atoms with E-state index in [4.69, 9.17) is 0 Å². The van der Waals surface area contributed by atoms with Gasteiger partial charge in [-0.15, -0.1) is 0 Å². The Bertz CT molecular complexity index is 857. The highest BCUT2D eigenvalue weighted by Gasteiger charge is 2.16. The fourth-order valence-electron chi connectivity index (χ4n) is 2.88. The Morgan fingerprint density at radius 3 is 1.33 bits per heavy atom. The molecule has 0 atom stereocenters. The molecule has 0 amide bonds. The normalized spacial score (nSPS) is 10.8. The minimum Gasteiger partial charge on any atom is -0.505 e. The van der Waals surface area contributed by atoms with Crippen LogP contribution in [0.4, 0.5) is 8.78 Å². The lowest BCUT2D eigenvalue weighted by molar-refractivity contribution is 0.432. The molecular weight excluding hydrogens is 310 g/mol. The predicted octanol–water partition coefficient (Wildman–Crippen LogP) is 5.33. The highest BCUT2D eigenvalue weighted by molar-refractivity contribution is 5.88. The van der Waals surface area contributed by atoms with Crippen molar-refractivity contribution in [3.05, 3.63) is 71.3 Å². The van der Waals surface area contributed by atoms with Crippen LogP contribution in [0.25, 0.3) is 22.3 Å². The molecule has 0 spiro atoms. The molecule has 0 aliphatic carbocycles. The number of rotatable bonds is 2. The molecule has 0 aliphatic rings. The van der Waals surface area contributed by atoms with Crippen LogP contribution in [-0.4, -0.2) is 10.2 Å². The third-order valence-corrected chi connectivity index (χ3v) is 4.09. The summed E-state index contributed by atoms with van der Waals surface area (Å²) in [4.78, 5) is 0. The Labute approximate surface area is 138 Å². The molecule has 2 N–H and O–H groups in total. The van der Waals surface area contributed by atoms with Gasteiger partial charge in [0.05, 0.1) is 0 Å². The highest BCUT2D eigenvalue weighted by Crippen LogP contribution is 2.39. The molecule has 0 bridgehead atoms. The number of halogens is 2. The van der Waals surface area contributed by atoms with E-state index in [2.05, 4.69) is 0 Å². The van der Waals surface area contributed by atoms with Gasteiger partial charge in [0, 0.05) is 0 Å². The zero-order valence-corrected chi connectivity index (χ0v) is 13.3. The topological polar surface area (TPSA) is 40.5 Å². The molecule has 0 aliphatic heterocycles. The number of phenolic OH excluding ortho intramolecular Hbond substituents is 2. The highest BCUT2D eigenvalue weighted by atomic mass is 19.1. The van der Waals surface area contributed by atoms with Crippen molar-refractivity contribution in [1.82, 2.24) is 0 Å². The first-order valence-electron chi connectivity index (χ1n) is 7.46. The molecule has 2 nitrogen and oxygen atoms in total. The van der Waals surface area contributed by atoms with Gasteiger partial charge in [0.25, 0.3) is 0 Å². The molecule has 0 heterocycles. The second-order valence-corrected chi connectivity index (χ2v) is 5.78. The Kier molecular flexibility index (Phi) is 3.97. The molecule has 0 saturated heterocycles. The Morgan fingerprint density at radius 2 is 1.00 bits per heavy atom. The molecule has 0 fully saturated rings. The number of phenols is 2. The number of hydrogen-bond donors (Lipinski definition) is 2. The standard InChI is InChI=1S/C20H16F2O2/c1-11-3-4-12(2)20(14-6-8-18(24)16(22)10-14)19(11)13-5-7-17(23)15(21)9-13/h3-10,23-24H,1-2H3. The molecule has 0 aromatic heterocycles. The first kappa shape index (κ1) is 16.0. The van der Waals surface area contributed by atoms with Gasteiger partial charge in [0.2, 0.25) is 0 Å². The lowest BCUT2D eigenvalue weighted by Gasteiger charge is -2.17. The van der Waals surface area contributed by atoms with Crippen LogP contribution in [0, 0.1) is 25.5 Å². The summed E-state index contributed by atoms with van der Waals surface area (Å²) in [5.41, 5.74) is 4.51. The first-order chi connectivity index (χ1) is 11.4. The third-order valence-electron chi connectivity index (χ3n) is 4.09. The minimum atomic E-state index is -0.712. The van der Waals surface area contributed by atoms with Gasteiger partial charge in [0.1, 0.15) is 0 Å². The largest absolute Gasteiger partial charge is 0.505 e. The van der Waals surface area contributed by atoms with Gasteiger partial charge < -0.3 is 10.2 Å². The Morgan fingerprint density at radius 1 is 0.625 bits per heavy atom. The maximum absolute atomic E-state index is 13.8. The van der Waals surface area contributed by atoms with Crippen LogP contribution < -0.4 is 0 Å². The van der Waals surface area contributed by atoms with Crippen molar-refractivity contribution < 1.29 is 19.0 Å². The zero-order valence-electron chi connectivity index (χ0n) is 13.3. The lowest BCUT2D eigenvalue weighted by atomic mass is 9.88. The minimum absolute atomic E-state index is 0.415. The molecule has 0 radical (unpaired) electrons. The third kappa shape index (κ3) is 2.71. The number of aromatic hydroxyl groups is 2. The van der Waals surface area contributed by atoms with E-state index in [1.54, 1.807) is 12.1 Å². The fourth-order valence-corrected chi connectivity index (χ4v) is 2.88. The van der Waals surface area contributed by atoms with E-state index in [1.807, 2.05) is 26.0 Å². The smallest absolute Gasteiger partial charge is 0.165 e. The van der Waals surface area contributed by atoms with Gasteiger partial charge >= 0.3 is 0 Å². The van der Waals surface area contributed by atoms with Crippen LogP contribution in [-0.2, 0) is 0 Å². The van der Waals surface area contributed by atoms with Gasteiger partial charge in [0.15, 0.2) is 23.1 Å². The molecule has 0 unspecified atom stereocenters. The Balaban J connectivity index is 2.31. The summed E-state index contributed by atoms with van der Waals surface area (Å²) in [6.45, 7) is 3.78. The van der Waals surface area contributed by atoms with Crippen LogP contribution >= 0.6 is 0 Å². The summed E-state index contributed by atoms with van der Waals surface area (Å²) in [5, 5.41) is 18.8. The predicted molar refractivity (Wildman–Crippen MR) is 90.0 cm³/mol. The number of aryl methyl sites for hydroxylation is 2. The fraction of sp³-hybridized carbons (Fsp3) is 0.100. The van der Waals surface area contributed by atoms with Crippen molar-refractivity contribution in [3.63, 3.8) is 0 Å². The van der Waals surface area contributed by atoms with Gasteiger partial charge in [-0.2, -0.15) is 0 Å². The van der Waals surface area contributed by atoms with E-state index in [0.717, 1.165) is 22.3 Å². The molecule has 24 heavy (non-hydrogen) atoms. The van der Waals surface area contributed by atoms with E-state index < -0.39 is 23.1 Å². The van der Waals surface area contributed by atoms with Crippen molar-refractivity contribution in [2.24, 2.45) is 0 Å². The van der Waals surface area contributed by atoms with Crippen LogP contribution in [0.5, 0.6) is 11.5 Å². The van der Waals surface area contributed by atoms with Crippen LogP contribution in [0.3, 0.4) is 0 Å². The summed E-state index contributed by atoms with van der Waals surface area (Å²) in [7, 11) is 0. The monoisotopic (exact) mass is 326 g/mol.